The van der Waals surface area contributed by atoms with E-state index in [2.05, 4.69) is 37.9 Å². The summed E-state index contributed by atoms with van der Waals surface area (Å²) in [6.45, 7) is 10.2. The molecule has 0 radical (unpaired) electrons. The molecule has 1 aromatic carbocycles. The quantitative estimate of drug-likeness (QED) is 0.227. The zero-order chi connectivity index (χ0) is 20.4. The lowest BCUT2D eigenvalue weighted by Crippen LogP contribution is -2.37. The first-order chi connectivity index (χ1) is 13.4. The molecule has 1 aromatic heterocycles. The third kappa shape index (κ3) is 9.01. The Morgan fingerprint density at radius 1 is 1.14 bits per heavy atom. The van der Waals surface area contributed by atoms with Crippen LogP contribution in [0.15, 0.2) is 33.8 Å². The summed E-state index contributed by atoms with van der Waals surface area (Å²) in [5, 5.41) is 10.6. The number of unbranched alkanes of at least 4 members (excludes halogenated alkanes) is 1. The van der Waals surface area contributed by atoms with Crippen molar-refractivity contribution in [3.05, 3.63) is 41.5 Å². The van der Waals surface area contributed by atoms with E-state index in [1.165, 1.54) is 5.56 Å². The van der Waals surface area contributed by atoms with Crippen molar-refractivity contribution in [2.75, 3.05) is 20.2 Å². The molecule has 0 fully saturated rings. The Bertz CT molecular complexity index is 738. The number of rotatable bonds is 9. The van der Waals surface area contributed by atoms with Crippen molar-refractivity contribution in [3.8, 4) is 5.75 Å². The highest BCUT2D eigenvalue weighted by Gasteiger charge is 2.21. The summed E-state index contributed by atoms with van der Waals surface area (Å²) in [6, 6.07) is 8.25. The van der Waals surface area contributed by atoms with Gasteiger partial charge in [-0.25, -0.2) is 4.99 Å². The van der Waals surface area contributed by atoms with E-state index in [9.17, 15) is 0 Å². The van der Waals surface area contributed by atoms with Gasteiger partial charge in [0, 0.05) is 18.5 Å². The predicted molar refractivity (Wildman–Crippen MR) is 127 cm³/mol. The Hall–Kier alpha value is -1.84. The lowest BCUT2D eigenvalue weighted by molar-refractivity contribution is 0.318. The number of nitrogens with one attached hydrogen (secondary N) is 2. The van der Waals surface area contributed by atoms with Gasteiger partial charge in [0.15, 0.2) is 11.8 Å². The summed E-state index contributed by atoms with van der Waals surface area (Å²) in [7, 11) is 1.69. The molecule has 0 amide bonds. The van der Waals surface area contributed by atoms with Crippen LogP contribution in [0.5, 0.6) is 5.75 Å². The summed E-state index contributed by atoms with van der Waals surface area (Å²) >= 11 is 0. The second-order valence-electron chi connectivity index (χ2n) is 7.69. The topological polar surface area (TPSA) is 84.6 Å². The Labute approximate surface area is 191 Å². The van der Waals surface area contributed by atoms with Crippen LogP contribution in [0.4, 0.5) is 0 Å². The van der Waals surface area contributed by atoms with Gasteiger partial charge in [-0.3, -0.25) is 0 Å². The van der Waals surface area contributed by atoms with Crippen LogP contribution in [-0.4, -0.2) is 36.3 Å². The largest absolute Gasteiger partial charge is 0.497 e. The Morgan fingerprint density at radius 2 is 1.86 bits per heavy atom. The smallest absolute Gasteiger partial charge is 0.232 e. The zero-order valence-corrected chi connectivity index (χ0v) is 20.4. The van der Waals surface area contributed by atoms with E-state index in [0.717, 1.165) is 44.1 Å². The van der Waals surface area contributed by atoms with Gasteiger partial charge in [-0.1, -0.05) is 38.1 Å². The lowest BCUT2D eigenvalue weighted by atomic mass is 9.97. The maximum absolute atomic E-state index is 5.31. The summed E-state index contributed by atoms with van der Waals surface area (Å²) in [5.41, 5.74) is 1.18. The van der Waals surface area contributed by atoms with E-state index in [4.69, 9.17) is 9.26 Å². The molecule has 2 N–H and O–H groups in total. The van der Waals surface area contributed by atoms with Crippen molar-refractivity contribution in [1.82, 2.24) is 20.8 Å². The summed E-state index contributed by atoms with van der Waals surface area (Å²) in [4.78, 5) is 8.97. The molecule has 2 aromatic rings. The predicted octanol–water partition coefficient (Wildman–Crippen LogP) is 4.07. The van der Waals surface area contributed by atoms with Crippen molar-refractivity contribution in [2.45, 2.75) is 58.9 Å². The lowest BCUT2D eigenvalue weighted by Gasteiger charge is -2.11. The average molecular weight is 515 g/mol. The van der Waals surface area contributed by atoms with E-state index in [1.54, 1.807) is 7.11 Å². The molecule has 7 nitrogen and oxygen atoms in total. The fourth-order valence-electron chi connectivity index (χ4n) is 2.57. The molecule has 0 aliphatic heterocycles. The standard InChI is InChI=1S/C21H33N5O2.HI/c1-6-22-20(24-15-18-25-19(28-26-18)21(2,3)4)23-14-8-7-9-16-10-12-17(27-5)13-11-16;/h10-13H,6-9,14-15H2,1-5H3,(H2,22,23,24);1H. The summed E-state index contributed by atoms with van der Waals surface area (Å²) in [5.74, 6) is 2.90. The van der Waals surface area contributed by atoms with Crippen LogP contribution >= 0.6 is 24.0 Å². The number of aryl methyl sites for hydroxylation is 1. The number of guanidine groups is 1. The molecule has 1 heterocycles. The van der Waals surface area contributed by atoms with Crippen LogP contribution < -0.4 is 15.4 Å². The normalized spacial score (nSPS) is 11.7. The van der Waals surface area contributed by atoms with Crippen LogP contribution in [-0.2, 0) is 18.4 Å². The molecule has 0 saturated carbocycles. The zero-order valence-electron chi connectivity index (χ0n) is 18.1. The molecule has 162 valence electrons. The van der Waals surface area contributed by atoms with Gasteiger partial charge in [0.05, 0.1) is 7.11 Å². The molecular formula is C21H34IN5O2. The maximum Gasteiger partial charge on any atom is 0.232 e. The van der Waals surface area contributed by atoms with Gasteiger partial charge >= 0.3 is 0 Å². The van der Waals surface area contributed by atoms with Crippen molar-refractivity contribution < 1.29 is 9.26 Å². The Kier molecular flexibility index (Phi) is 11.0. The second-order valence-corrected chi connectivity index (χ2v) is 7.69. The Balaban J connectivity index is 0.00000420. The number of aliphatic imine (C=N–C) groups is 1. The molecule has 0 aliphatic carbocycles. The van der Waals surface area contributed by atoms with Gasteiger partial charge in [0.2, 0.25) is 5.89 Å². The highest BCUT2D eigenvalue weighted by atomic mass is 127. The van der Waals surface area contributed by atoms with Crippen LogP contribution in [0.3, 0.4) is 0 Å². The van der Waals surface area contributed by atoms with Gasteiger partial charge in [-0.15, -0.1) is 24.0 Å². The number of halogens is 1. The molecule has 29 heavy (non-hydrogen) atoms. The summed E-state index contributed by atoms with van der Waals surface area (Å²) < 4.78 is 10.5. The Morgan fingerprint density at radius 3 is 2.45 bits per heavy atom. The monoisotopic (exact) mass is 515 g/mol. The average Bonchev–Trinajstić information content (AvgIpc) is 3.16. The highest BCUT2D eigenvalue weighted by Crippen LogP contribution is 2.19. The molecule has 0 saturated heterocycles. The van der Waals surface area contributed by atoms with Crippen LogP contribution in [0, 0.1) is 0 Å². The maximum atomic E-state index is 5.31. The molecular weight excluding hydrogens is 481 g/mol. The van der Waals surface area contributed by atoms with Crippen LogP contribution in [0.2, 0.25) is 0 Å². The van der Waals surface area contributed by atoms with E-state index in [1.807, 2.05) is 39.8 Å². The minimum absolute atomic E-state index is 0. The van der Waals surface area contributed by atoms with Gasteiger partial charge in [-0.05, 0) is 43.9 Å². The number of ether oxygens (including phenoxy) is 1. The van der Waals surface area contributed by atoms with E-state index in [-0.39, 0.29) is 29.4 Å². The first-order valence-corrected chi connectivity index (χ1v) is 9.90. The van der Waals surface area contributed by atoms with Gasteiger partial charge in [0.25, 0.3) is 0 Å². The van der Waals surface area contributed by atoms with E-state index >= 15 is 0 Å². The molecule has 0 bridgehead atoms. The SMILES string of the molecule is CCNC(=NCc1noc(C(C)(C)C)n1)NCCCCc1ccc(OC)cc1.I. The van der Waals surface area contributed by atoms with Gasteiger partial charge < -0.3 is 19.9 Å². The fourth-order valence-corrected chi connectivity index (χ4v) is 2.57. The van der Waals surface area contributed by atoms with E-state index < -0.39 is 0 Å². The van der Waals surface area contributed by atoms with Crippen LogP contribution in [0.1, 0.15) is 57.8 Å². The number of methoxy groups -OCH3 is 1. The van der Waals surface area contributed by atoms with Crippen LogP contribution in [0.25, 0.3) is 0 Å². The second kappa shape index (κ2) is 12.7. The number of hydrogen-bond acceptors (Lipinski definition) is 5. The van der Waals surface area contributed by atoms with Gasteiger partial charge in [0.1, 0.15) is 12.3 Å². The molecule has 0 spiro atoms. The third-order valence-electron chi connectivity index (χ3n) is 4.18. The van der Waals surface area contributed by atoms with Crippen molar-refractivity contribution in [1.29, 1.82) is 0 Å². The first kappa shape index (κ1) is 25.2. The number of aromatic nitrogens is 2. The molecule has 0 aliphatic rings. The number of benzene rings is 1. The highest BCUT2D eigenvalue weighted by molar-refractivity contribution is 14.0. The van der Waals surface area contributed by atoms with Crippen molar-refractivity contribution >= 4 is 29.9 Å². The molecule has 0 unspecified atom stereocenters. The number of nitrogens with zero attached hydrogens (tertiary/aromatic N) is 3. The molecule has 0 atom stereocenters. The fraction of sp³-hybridized carbons (Fsp3) is 0.571. The summed E-state index contributed by atoms with van der Waals surface area (Å²) in [6.07, 6.45) is 3.23. The van der Waals surface area contributed by atoms with Gasteiger partial charge in [-0.2, -0.15) is 4.98 Å². The van der Waals surface area contributed by atoms with Crippen molar-refractivity contribution in [3.63, 3.8) is 0 Å². The first-order valence-electron chi connectivity index (χ1n) is 9.90. The minimum Gasteiger partial charge on any atom is -0.497 e. The number of hydrogen-bond donors (Lipinski definition) is 2. The molecule has 8 heteroatoms. The third-order valence-corrected chi connectivity index (χ3v) is 4.18. The van der Waals surface area contributed by atoms with E-state index in [0.29, 0.717) is 18.3 Å². The molecule has 2 rings (SSSR count). The minimum atomic E-state index is -0.151. The van der Waals surface area contributed by atoms with Crippen molar-refractivity contribution in [2.24, 2.45) is 4.99 Å².